The summed E-state index contributed by atoms with van der Waals surface area (Å²) in [7, 11) is -1.23. The molecule has 43 heavy (non-hydrogen) atoms. The first-order valence-corrected chi connectivity index (χ1v) is 16.5. The highest BCUT2D eigenvalue weighted by molar-refractivity contribution is 6.99. The van der Waals surface area contributed by atoms with Crippen LogP contribution in [0.3, 0.4) is 0 Å². The fourth-order valence-corrected chi connectivity index (χ4v) is 10.7. The van der Waals surface area contributed by atoms with Crippen molar-refractivity contribution in [3.63, 3.8) is 0 Å². The Kier molecular flexibility index (Phi) is 9.13. The van der Waals surface area contributed by atoms with Gasteiger partial charge in [0.15, 0.2) is 6.23 Å². The van der Waals surface area contributed by atoms with Gasteiger partial charge in [-0.3, -0.25) is 14.3 Å². The van der Waals surface area contributed by atoms with Gasteiger partial charge in [0, 0.05) is 24.8 Å². The molecule has 0 amide bonds. The number of methoxy groups -OCH3 is 1. The summed E-state index contributed by atoms with van der Waals surface area (Å²) in [5, 5.41) is 2.14. The van der Waals surface area contributed by atoms with Gasteiger partial charge in [-0.2, -0.15) is 0 Å². The Morgan fingerprint density at radius 3 is 2.00 bits per heavy atom. The van der Waals surface area contributed by atoms with Crippen LogP contribution in [0.15, 0.2) is 113 Å². The van der Waals surface area contributed by atoms with Crippen LogP contribution in [-0.2, 0) is 13.9 Å². The first-order valence-electron chi connectivity index (χ1n) is 14.6. The summed E-state index contributed by atoms with van der Waals surface area (Å²) in [6.07, 6.45) is 3.99. The first-order chi connectivity index (χ1) is 20.7. The molecule has 0 unspecified atom stereocenters. The fraction of sp³-hybridized carbons (Fsp3) is 0.314. The maximum atomic E-state index is 13.0. The smallest absolute Gasteiger partial charge is 0.330 e. The highest BCUT2D eigenvalue weighted by Gasteiger charge is 2.52. The van der Waals surface area contributed by atoms with Gasteiger partial charge >= 0.3 is 5.69 Å². The second-order valence-corrected chi connectivity index (χ2v) is 16.4. The predicted molar refractivity (Wildman–Crippen MR) is 173 cm³/mol. The molecule has 7 nitrogen and oxygen atoms in total. The molecule has 4 atom stereocenters. The maximum Gasteiger partial charge on any atom is 0.330 e. The van der Waals surface area contributed by atoms with Gasteiger partial charge in [0.05, 0.1) is 12.7 Å². The number of aryl methyl sites for hydroxylation is 1. The zero-order chi connectivity index (χ0) is 30.6. The van der Waals surface area contributed by atoms with E-state index in [4.69, 9.17) is 13.9 Å². The lowest BCUT2D eigenvalue weighted by Crippen LogP contribution is -2.67. The van der Waals surface area contributed by atoms with Gasteiger partial charge in [-0.1, -0.05) is 124 Å². The van der Waals surface area contributed by atoms with Crippen LogP contribution in [0.4, 0.5) is 0 Å². The highest BCUT2D eigenvalue weighted by Crippen LogP contribution is 2.40. The molecule has 224 valence electrons. The van der Waals surface area contributed by atoms with Crippen LogP contribution in [0.5, 0.6) is 0 Å². The van der Waals surface area contributed by atoms with Crippen molar-refractivity contribution < 1.29 is 13.9 Å². The largest absolute Gasteiger partial charge is 0.405 e. The van der Waals surface area contributed by atoms with E-state index in [1.807, 2.05) is 42.5 Å². The van der Waals surface area contributed by atoms with E-state index in [9.17, 15) is 9.59 Å². The van der Waals surface area contributed by atoms with Crippen molar-refractivity contribution in [1.29, 1.82) is 0 Å². The van der Waals surface area contributed by atoms with Gasteiger partial charge in [0.1, 0.15) is 6.10 Å². The summed E-state index contributed by atoms with van der Waals surface area (Å²) in [4.78, 5) is 27.5. The van der Waals surface area contributed by atoms with Crippen molar-refractivity contribution in [3.8, 4) is 0 Å². The number of aromatic amines is 1. The molecule has 4 aromatic rings. The van der Waals surface area contributed by atoms with E-state index in [2.05, 4.69) is 86.4 Å². The third kappa shape index (κ3) is 6.14. The number of rotatable bonds is 9. The fourth-order valence-electron chi connectivity index (χ4n) is 6.16. The molecule has 1 aliphatic heterocycles. The zero-order valence-electron chi connectivity index (χ0n) is 25.4. The normalized spacial score (nSPS) is 21.0. The van der Waals surface area contributed by atoms with Crippen LogP contribution in [0.1, 0.15) is 38.1 Å². The van der Waals surface area contributed by atoms with E-state index in [0.717, 1.165) is 5.56 Å². The first kappa shape index (κ1) is 30.6. The molecule has 0 bridgehead atoms. The third-order valence-electron chi connectivity index (χ3n) is 8.29. The van der Waals surface area contributed by atoms with Gasteiger partial charge in [-0.15, -0.1) is 0 Å². The standard InChI is InChI=1S/C35H40N2O5Si/c1-25-23-37(34(39)36-32(25)38)33-31(40-5)29(22-21-26-15-9-6-10-16-26)30(42-33)24-41-43(35(2,3)4,27-17-11-7-12-18-27)28-19-13-8-14-20-28/h6-23,29-31,33H,24H2,1-5H3,(H,36,38,39)/b22-21+/t29-,30-,31-,33-/m1/s1. The van der Waals surface area contributed by atoms with E-state index >= 15 is 0 Å². The molecule has 0 aliphatic carbocycles. The summed E-state index contributed by atoms with van der Waals surface area (Å²) in [6, 6.07) is 31.0. The van der Waals surface area contributed by atoms with Gasteiger partial charge in [-0.05, 0) is 27.9 Å². The van der Waals surface area contributed by atoms with Crippen LogP contribution in [0.2, 0.25) is 5.04 Å². The Labute approximate surface area is 253 Å². The predicted octanol–water partition coefficient (Wildman–Crippen LogP) is 4.66. The Balaban J connectivity index is 1.58. The molecule has 1 aromatic heterocycles. The number of benzene rings is 3. The minimum atomic E-state index is -2.86. The van der Waals surface area contributed by atoms with Crippen molar-refractivity contribution in [1.82, 2.24) is 9.55 Å². The topological polar surface area (TPSA) is 82.6 Å². The van der Waals surface area contributed by atoms with Crippen LogP contribution in [-0.4, -0.2) is 43.8 Å². The number of hydrogen-bond acceptors (Lipinski definition) is 5. The lowest BCUT2D eigenvalue weighted by atomic mass is 9.96. The second-order valence-electron chi connectivity index (χ2n) is 12.1. The number of H-pyrrole nitrogens is 1. The Morgan fingerprint density at radius 1 is 0.907 bits per heavy atom. The van der Waals surface area contributed by atoms with Crippen LogP contribution < -0.4 is 21.6 Å². The SMILES string of the molecule is CO[C@@H]1[C@H](/C=C/c2ccccc2)[C@@H](CO[Si](c2ccccc2)(c2ccccc2)C(C)(C)C)O[C@H]1n1cc(C)c(=O)[nH]c1=O. The molecule has 1 fully saturated rings. The molecule has 1 aliphatic rings. The Hall–Kier alpha value is -3.82. The molecule has 0 spiro atoms. The number of nitrogens with one attached hydrogen (secondary N) is 1. The van der Waals surface area contributed by atoms with Crippen LogP contribution in [0.25, 0.3) is 6.08 Å². The molecule has 1 saturated heterocycles. The molecular formula is C35H40N2O5Si. The lowest BCUT2D eigenvalue weighted by molar-refractivity contribution is -0.0611. The van der Waals surface area contributed by atoms with Gasteiger partial charge < -0.3 is 13.9 Å². The van der Waals surface area contributed by atoms with E-state index in [-0.39, 0.29) is 17.6 Å². The number of aromatic nitrogens is 2. The highest BCUT2D eigenvalue weighted by atomic mass is 28.4. The molecule has 3 aromatic carbocycles. The van der Waals surface area contributed by atoms with Gasteiger partial charge in [0.2, 0.25) is 0 Å². The van der Waals surface area contributed by atoms with Crippen LogP contribution >= 0.6 is 0 Å². The van der Waals surface area contributed by atoms with Crippen molar-refractivity contribution >= 4 is 24.8 Å². The molecule has 0 radical (unpaired) electrons. The maximum absolute atomic E-state index is 13.0. The summed E-state index contributed by atoms with van der Waals surface area (Å²) in [5.41, 5.74) is 0.508. The molecule has 5 rings (SSSR count). The summed E-state index contributed by atoms with van der Waals surface area (Å²) in [6.45, 7) is 8.67. The van der Waals surface area contributed by atoms with Crippen molar-refractivity contribution in [3.05, 3.63) is 135 Å². The Bertz CT molecular complexity index is 1610. The molecule has 1 N–H and O–H groups in total. The molecule has 2 heterocycles. The molecule has 0 saturated carbocycles. The minimum absolute atomic E-state index is 0.212. The van der Waals surface area contributed by atoms with Crippen molar-refractivity contribution in [2.24, 2.45) is 5.92 Å². The van der Waals surface area contributed by atoms with E-state index < -0.39 is 38.0 Å². The minimum Gasteiger partial charge on any atom is -0.405 e. The summed E-state index contributed by atoms with van der Waals surface area (Å²) >= 11 is 0. The van der Waals surface area contributed by atoms with Crippen molar-refractivity contribution in [2.45, 2.75) is 51.2 Å². The van der Waals surface area contributed by atoms with Gasteiger partial charge in [0.25, 0.3) is 13.9 Å². The zero-order valence-corrected chi connectivity index (χ0v) is 26.4. The third-order valence-corrected chi connectivity index (χ3v) is 13.3. The van der Waals surface area contributed by atoms with Gasteiger partial charge in [-0.25, -0.2) is 4.79 Å². The van der Waals surface area contributed by atoms with E-state index in [1.165, 1.54) is 14.9 Å². The average molecular weight is 597 g/mol. The number of hydrogen-bond donors (Lipinski definition) is 1. The average Bonchev–Trinajstić information content (AvgIpc) is 3.36. The summed E-state index contributed by atoms with van der Waals surface area (Å²) < 4.78 is 21.4. The lowest BCUT2D eigenvalue weighted by Gasteiger charge is -2.43. The van der Waals surface area contributed by atoms with E-state index in [1.54, 1.807) is 20.2 Å². The molecule has 8 heteroatoms. The number of ether oxygens (including phenoxy) is 2. The Morgan fingerprint density at radius 2 is 1.47 bits per heavy atom. The summed E-state index contributed by atoms with van der Waals surface area (Å²) in [5.74, 6) is -0.243. The molecular weight excluding hydrogens is 556 g/mol. The van der Waals surface area contributed by atoms with Crippen LogP contribution in [0, 0.1) is 12.8 Å². The number of nitrogens with zero attached hydrogens (tertiary/aromatic N) is 1. The second kappa shape index (κ2) is 12.8. The quantitative estimate of drug-likeness (QED) is 0.284. The van der Waals surface area contributed by atoms with E-state index in [0.29, 0.717) is 5.56 Å². The van der Waals surface area contributed by atoms with Crippen molar-refractivity contribution in [2.75, 3.05) is 13.7 Å². The monoisotopic (exact) mass is 596 g/mol.